The van der Waals surface area contributed by atoms with Crippen LogP contribution in [0.2, 0.25) is 0 Å². The van der Waals surface area contributed by atoms with Crippen LogP contribution in [0.1, 0.15) is 0 Å². The summed E-state index contributed by atoms with van der Waals surface area (Å²) < 4.78 is 4.96. The standard InChI is InChI=1S/C9H10N2O3/c1-14-7-5-3-2-4-6(7)11-9(13)8(10)12/h2-5H,1H3,(H2,10,12)(H,11,13). The Morgan fingerprint density at radius 1 is 1.36 bits per heavy atom. The van der Waals surface area contributed by atoms with Gasteiger partial charge in [-0.1, -0.05) is 12.1 Å². The van der Waals surface area contributed by atoms with Crippen molar-refractivity contribution in [3.63, 3.8) is 0 Å². The first kappa shape index (κ1) is 10.0. The molecule has 0 heterocycles. The molecule has 0 aromatic heterocycles. The van der Waals surface area contributed by atoms with Crippen molar-refractivity contribution in [2.75, 3.05) is 12.4 Å². The Morgan fingerprint density at radius 2 is 2.00 bits per heavy atom. The minimum Gasteiger partial charge on any atom is -0.495 e. The third-order valence-electron chi connectivity index (χ3n) is 1.58. The fraction of sp³-hybridized carbons (Fsp3) is 0.111. The molecule has 14 heavy (non-hydrogen) atoms. The normalized spacial score (nSPS) is 9.21. The first-order chi connectivity index (χ1) is 6.65. The fourth-order valence-corrected chi connectivity index (χ4v) is 0.932. The number of para-hydroxylation sites is 2. The lowest BCUT2D eigenvalue weighted by atomic mass is 10.3. The lowest BCUT2D eigenvalue weighted by Gasteiger charge is -2.07. The van der Waals surface area contributed by atoms with Gasteiger partial charge in [0.25, 0.3) is 0 Å². The molecular formula is C9H10N2O3. The van der Waals surface area contributed by atoms with Gasteiger partial charge < -0.3 is 15.8 Å². The number of hydrogen-bond donors (Lipinski definition) is 2. The summed E-state index contributed by atoms with van der Waals surface area (Å²) in [5, 5.41) is 2.32. The van der Waals surface area contributed by atoms with Crippen LogP contribution < -0.4 is 15.8 Å². The molecule has 1 rings (SSSR count). The fourth-order valence-electron chi connectivity index (χ4n) is 0.932. The van der Waals surface area contributed by atoms with E-state index in [2.05, 4.69) is 5.32 Å². The molecule has 0 bridgehead atoms. The molecule has 0 aliphatic heterocycles. The van der Waals surface area contributed by atoms with Gasteiger partial charge in [0.2, 0.25) is 0 Å². The molecule has 0 saturated heterocycles. The molecule has 1 aromatic rings. The third kappa shape index (κ3) is 2.22. The quantitative estimate of drug-likeness (QED) is 0.656. The number of carbonyl (C=O) groups excluding carboxylic acids is 2. The predicted octanol–water partition coefficient (Wildman–Crippen LogP) is 0.119. The van der Waals surface area contributed by atoms with Crippen LogP contribution in [0.3, 0.4) is 0 Å². The SMILES string of the molecule is COc1ccccc1NC(=O)C(N)=O. The molecule has 2 amide bonds. The monoisotopic (exact) mass is 194 g/mol. The molecule has 3 N–H and O–H groups in total. The number of methoxy groups -OCH3 is 1. The zero-order chi connectivity index (χ0) is 10.6. The van der Waals surface area contributed by atoms with Gasteiger partial charge in [-0.05, 0) is 12.1 Å². The van der Waals surface area contributed by atoms with Gasteiger partial charge in [-0.25, -0.2) is 0 Å². The van der Waals surface area contributed by atoms with Crippen LogP contribution in [0, 0.1) is 0 Å². The Hall–Kier alpha value is -2.04. The van der Waals surface area contributed by atoms with Crippen molar-refractivity contribution in [3.8, 4) is 5.75 Å². The largest absolute Gasteiger partial charge is 0.495 e. The second-order valence-corrected chi connectivity index (χ2v) is 2.52. The molecule has 5 nitrogen and oxygen atoms in total. The Morgan fingerprint density at radius 3 is 2.57 bits per heavy atom. The third-order valence-corrected chi connectivity index (χ3v) is 1.58. The highest BCUT2D eigenvalue weighted by Crippen LogP contribution is 2.22. The smallest absolute Gasteiger partial charge is 0.313 e. The number of nitrogens with one attached hydrogen (secondary N) is 1. The van der Waals surface area contributed by atoms with Crippen LogP contribution in [0.4, 0.5) is 5.69 Å². The van der Waals surface area contributed by atoms with Crippen LogP contribution >= 0.6 is 0 Å². The number of rotatable bonds is 2. The second kappa shape index (κ2) is 4.27. The van der Waals surface area contributed by atoms with E-state index in [0.717, 1.165) is 0 Å². The molecule has 0 fully saturated rings. The summed E-state index contributed by atoms with van der Waals surface area (Å²) in [5.74, 6) is -1.42. The zero-order valence-corrected chi connectivity index (χ0v) is 7.61. The molecule has 0 saturated carbocycles. The Bertz CT molecular complexity index is 363. The molecule has 0 aliphatic rings. The van der Waals surface area contributed by atoms with Crippen molar-refractivity contribution in [1.29, 1.82) is 0 Å². The van der Waals surface area contributed by atoms with Crippen LogP contribution in [0.15, 0.2) is 24.3 Å². The average Bonchev–Trinajstić information content (AvgIpc) is 2.18. The maximum absolute atomic E-state index is 10.9. The van der Waals surface area contributed by atoms with E-state index in [1.165, 1.54) is 7.11 Å². The topological polar surface area (TPSA) is 81.4 Å². The van der Waals surface area contributed by atoms with Gasteiger partial charge in [-0.15, -0.1) is 0 Å². The number of anilines is 1. The molecule has 0 aliphatic carbocycles. The van der Waals surface area contributed by atoms with E-state index < -0.39 is 11.8 Å². The molecule has 74 valence electrons. The predicted molar refractivity (Wildman–Crippen MR) is 50.8 cm³/mol. The second-order valence-electron chi connectivity index (χ2n) is 2.52. The first-order valence-corrected chi connectivity index (χ1v) is 3.89. The maximum Gasteiger partial charge on any atom is 0.313 e. The van der Waals surface area contributed by atoms with Gasteiger partial charge in [0.15, 0.2) is 0 Å². The van der Waals surface area contributed by atoms with E-state index in [0.29, 0.717) is 11.4 Å². The molecule has 5 heteroatoms. The Kier molecular flexibility index (Phi) is 3.06. The summed E-state index contributed by atoms with van der Waals surface area (Å²) in [6, 6.07) is 6.73. The van der Waals surface area contributed by atoms with Crippen LogP contribution in [0.5, 0.6) is 5.75 Å². The van der Waals surface area contributed by atoms with Crippen molar-refractivity contribution >= 4 is 17.5 Å². The first-order valence-electron chi connectivity index (χ1n) is 3.89. The number of primary amides is 1. The lowest BCUT2D eigenvalue weighted by Crippen LogP contribution is -2.29. The van der Waals surface area contributed by atoms with Crippen LogP contribution in [0.25, 0.3) is 0 Å². The van der Waals surface area contributed by atoms with E-state index in [-0.39, 0.29) is 0 Å². The van der Waals surface area contributed by atoms with Crippen molar-refractivity contribution in [2.45, 2.75) is 0 Å². The minimum atomic E-state index is -1.03. The number of nitrogens with two attached hydrogens (primary N) is 1. The molecule has 0 atom stereocenters. The summed E-state index contributed by atoms with van der Waals surface area (Å²) in [5.41, 5.74) is 5.20. The minimum absolute atomic E-state index is 0.416. The van der Waals surface area contributed by atoms with Gasteiger partial charge in [0.05, 0.1) is 12.8 Å². The van der Waals surface area contributed by atoms with Crippen molar-refractivity contribution in [2.24, 2.45) is 5.73 Å². The Balaban J connectivity index is 2.85. The van der Waals surface area contributed by atoms with Crippen molar-refractivity contribution in [1.82, 2.24) is 0 Å². The number of carbonyl (C=O) groups is 2. The lowest BCUT2D eigenvalue weighted by molar-refractivity contribution is -0.134. The van der Waals surface area contributed by atoms with Crippen molar-refractivity contribution in [3.05, 3.63) is 24.3 Å². The zero-order valence-electron chi connectivity index (χ0n) is 7.61. The van der Waals surface area contributed by atoms with Gasteiger partial charge in [0, 0.05) is 0 Å². The van der Waals surface area contributed by atoms with E-state index in [1.807, 2.05) is 0 Å². The number of hydrogen-bond acceptors (Lipinski definition) is 3. The van der Waals surface area contributed by atoms with E-state index in [9.17, 15) is 9.59 Å². The van der Waals surface area contributed by atoms with Crippen LogP contribution in [-0.2, 0) is 9.59 Å². The summed E-state index contributed by atoms with van der Waals surface area (Å²) in [7, 11) is 1.47. The molecule has 1 aromatic carbocycles. The number of ether oxygens (including phenoxy) is 1. The molecule has 0 unspecified atom stereocenters. The highest BCUT2D eigenvalue weighted by Gasteiger charge is 2.10. The summed E-state index contributed by atoms with van der Waals surface area (Å²) in [4.78, 5) is 21.4. The van der Waals surface area contributed by atoms with Crippen molar-refractivity contribution < 1.29 is 14.3 Å². The van der Waals surface area contributed by atoms with Crippen LogP contribution in [-0.4, -0.2) is 18.9 Å². The molecule has 0 spiro atoms. The number of amides is 2. The van der Waals surface area contributed by atoms with Gasteiger partial charge >= 0.3 is 11.8 Å². The summed E-state index contributed by atoms with van der Waals surface area (Å²) in [6.07, 6.45) is 0. The number of benzene rings is 1. The van der Waals surface area contributed by atoms with Gasteiger partial charge in [-0.3, -0.25) is 9.59 Å². The molecular weight excluding hydrogens is 184 g/mol. The van der Waals surface area contributed by atoms with Gasteiger partial charge in [0.1, 0.15) is 5.75 Å². The maximum atomic E-state index is 10.9. The van der Waals surface area contributed by atoms with E-state index in [4.69, 9.17) is 10.5 Å². The van der Waals surface area contributed by atoms with Gasteiger partial charge in [-0.2, -0.15) is 0 Å². The summed E-state index contributed by atoms with van der Waals surface area (Å²) >= 11 is 0. The highest BCUT2D eigenvalue weighted by atomic mass is 16.5. The molecule has 0 radical (unpaired) electrons. The van der Waals surface area contributed by atoms with E-state index in [1.54, 1.807) is 24.3 Å². The highest BCUT2D eigenvalue weighted by molar-refractivity contribution is 6.39. The average molecular weight is 194 g/mol. The van der Waals surface area contributed by atoms with E-state index >= 15 is 0 Å². The Labute approximate surface area is 80.9 Å². The summed E-state index contributed by atoms with van der Waals surface area (Å²) in [6.45, 7) is 0.